The first kappa shape index (κ1) is 19.2. The van der Waals surface area contributed by atoms with E-state index in [4.69, 9.17) is 0 Å². The smallest absolute Gasteiger partial charge is 0.0455 e. The van der Waals surface area contributed by atoms with Crippen LogP contribution in [-0.4, -0.2) is 6.04 Å². The zero-order chi connectivity index (χ0) is 22.2. The van der Waals surface area contributed by atoms with Crippen LogP contribution >= 0.6 is 0 Å². The van der Waals surface area contributed by atoms with Crippen LogP contribution < -0.4 is 4.90 Å². The first-order valence-corrected chi connectivity index (χ1v) is 12.3. The molecular weight excluding hydrogens is 398 g/mol. The van der Waals surface area contributed by atoms with Gasteiger partial charge >= 0.3 is 0 Å². The van der Waals surface area contributed by atoms with Gasteiger partial charge in [0.2, 0.25) is 0 Å². The van der Waals surface area contributed by atoms with E-state index in [1.165, 1.54) is 64.0 Å². The van der Waals surface area contributed by atoms with Crippen LogP contribution in [0.15, 0.2) is 97.1 Å². The second-order valence-electron chi connectivity index (χ2n) is 10.8. The zero-order valence-electron chi connectivity index (χ0n) is 19.4. The lowest BCUT2D eigenvalue weighted by Crippen LogP contribution is -2.35. The van der Waals surface area contributed by atoms with Crippen LogP contribution in [0.4, 0.5) is 11.4 Å². The van der Waals surface area contributed by atoms with Crippen molar-refractivity contribution in [3.8, 4) is 22.3 Å². The maximum absolute atomic E-state index is 2.70. The Morgan fingerprint density at radius 2 is 1.09 bits per heavy atom. The summed E-state index contributed by atoms with van der Waals surface area (Å²) in [4.78, 5) is 2.70. The molecule has 1 heterocycles. The minimum Gasteiger partial charge on any atom is -0.337 e. The van der Waals surface area contributed by atoms with Crippen molar-refractivity contribution < 1.29 is 0 Å². The largest absolute Gasteiger partial charge is 0.337 e. The van der Waals surface area contributed by atoms with Crippen LogP contribution in [0.5, 0.6) is 0 Å². The second kappa shape index (κ2) is 6.60. The Kier molecular flexibility index (Phi) is 3.84. The maximum Gasteiger partial charge on any atom is 0.0455 e. The van der Waals surface area contributed by atoms with E-state index < -0.39 is 0 Å². The molecule has 0 aromatic heterocycles. The van der Waals surface area contributed by atoms with E-state index in [-0.39, 0.29) is 5.41 Å². The first-order chi connectivity index (χ1) is 16.1. The first-order valence-electron chi connectivity index (χ1n) is 12.3. The Balaban J connectivity index is 1.43. The number of benzene rings is 4. The molecule has 4 aromatic carbocycles. The monoisotopic (exact) mass is 427 g/mol. The number of fused-ring (bicyclic) bond motifs is 2. The van der Waals surface area contributed by atoms with E-state index in [1.807, 2.05) is 0 Å². The average molecular weight is 428 g/mol. The standard InChI is InChI=1S/C32H29N/c1-31(2)26-19-24(22-9-5-3-6-10-22)13-15-28(26)33(30-21-32(30)17-18-32)29-16-14-25(20-27(29)31)23-11-7-4-8-12-23/h3-16,19-20,30H,17-18,21H2,1-2H3. The summed E-state index contributed by atoms with van der Waals surface area (Å²) in [5.74, 6) is 0. The topological polar surface area (TPSA) is 3.24 Å². The van der Waals surface area contributed by atoms with Crippen molar-refractivity contribution in [3.05, 3.63) is 108 Å². The minimum atomic E-state index is -0.0671. The summed E-state index contributed by atoms with van der Waals surface area (Å²) in [5.41, 5.74) is 11.4. The molecule has 2 saturated carbocycles. The highest BCUT2D eigenvalue weighted by Crippen LogP contribution is 2.70. The molecule has 7 rings (SSSR count). The molecule has 33 heavy (non-hydrogen) atoms. The lowest BCUT2D eigenvalue weighted by molar-refractivity contribution is 0.619. The highest BCUT2D eigenvalue weighted by molar-refractivity contribution is 5.84. The highest BCUT2D eigenvalue weighted by atomic mass is 15.2. The van der Waals surface area contributed by atoms with Gasteiger partial charge in [0, 0.05) is 22.8 Å². The molecule has 4 aromatic rings. The molecular formula is C32H29N. The summed E-state index contributed by atoms with van der Waals surface area (Å²) in [6, 6.07) is 36.6. The Hall–Kier alpha value is -3.32. The van der Waals surface area contributed by atoms with Gasteiger partial charge in [0.15, 0.2) is 0 Å². The Labute approximate surface area is 196 Å². The fourth-order valence-electron chi connectivity index (χ4n) is 6.11. The van der Waals surface area contributed by atoms with Crippen molar-refractivity contribution in [2.75, 3.05) is 4.90 Å². The Morgan fingerprint density at radius 3 is 1.52 bits per heavy atom. The van der Waals surface area contributed by atoms with E-state index in [0.29, 0.717) is 11.5 Å². The molecule has 1 heteroatoms. The highest BCUT2D eigenvalue weighted by Gasteiger charge is 2.66. The summed E-state index contributed by atoms with van der Waals surface area (Å²) in [5, 5.41) is 0. The van der Waals surface area contributed by atoms with Gasteiger partial charge < -0.3 is 4.90 Å². The van der Waals surface area contributed by atoms with Crippen molar-refractivity contribution in [2.45, 2.75) is 44.6 Å². The molecule has 0 radical (unpaired) electrons. The molecule has 1 spiro atoms. The lowest BCUT2D eigenvalue weighted by atomic mass is 9.72. The molecule has 0 bridgehead atoms. The van der Waals surface area contributed by atoms with Crippen molar-refractivity contribution in [1.82, 2.24) is 0 Å². The molecule has 2 fully saturated rings. The summed E-state index contributed by atoms with van der Waals surface area (Å²) in [7, 11) is 0. The summed E-state index contributed by atoms with van der Waals surface area (Å²) < 4.78 is 0. The van der Waals surface area contributed by atoms with Gasteiger partial charge in [-0.2, -0.15) is 0 Å². The normalized spacial score (nSPS) is 20.8. The molecule has 2 aliphatic carbocycles. The molecule has 0 amide bonds. The van der Waals surface area contributed by atoms with Crippen molar-refractivity contribution in [2.24, 2.45) is 5.41 Å². The quantitative estimate of drug-likeness (QED) is 0.317. The van der Waals surface area contributed by atoms with Gasteiger partial charge in [-0.15, -0.1) is 0 Å². The molecule has 0 N–H and O–H groups in total. The molecule has 1 aliphatic heterocycles. The van der Waals surface area contributed by atoms with E-state index in [0.717, 1.165) is 0 Å². The third kappa shape index (κ3) is 2.85. The lowest BCUT2D eigenvalue weighted by Gasteiger charge is -2.43. The van der Waals surface area contributed by atoms with E-state index in [1.54, 1.807) is 0 Å². The van der Waals surface area contributed by atoms with Gasteiger partial charge in [-0.1, -0.05) is 86.6 Å². The number of anilines is 2. The van der Waals surface area contributed by atoms with Gasteiger partial charge in [0.25, 0.3) is 0 Å². The van der Waals surface area contributed by atoms with Gasteiger partial charge in [0.1, 0.15) is 0 Å². The van der Waals surface area contributed by atoms with Crippen LogP contribution in [-0.2, 0) is 5.41 Å². The summed E-state index contributed by atoms with van der Waals surface area (Å²) in [6.07, 6.45) is 4.13. The van der Waals surface area contributed by atoms with Crippen LogP contribution in [0.1, 0.15) is 44.2 Å². The van der Waals surface area contributed by atoms with Crippen LogP contribution in [0.3, 0.4) is 0 Å². The molecule has 3 aliphatic rings. The van der Waals surface area contributed by atoms with Crippen molar-refractivity contribution in [1.29, 1.82) is 0 Å². The number of hydrogen-bond acceptors (Lipinski definition) is 1. The van der Waals surface area contributed by atoms with Crippen molar-refractivity contribution in [3.63, 3.8) is 0 Å². The number of rotatable bonds is 3. The maximum atomic E-state index is 2.70. The van der Waals surface area contributed by atoms with Crippen LogP contribution in [0.2, 0.25) is 0 Å². The molecule has 0 saturated heterocycles. The predicted molar refractivity (Wildman–Crippen MR) is 138 cm³/mol. The third-order valence-corrected chi connectivity index (χ3v) is 8.42. The Morgan fingerprint density at radius 1 is 0.606 bits per heavy atom. The number of hydrogen-bond donors (Lipinski definition) is 0. The minimum absolute atomic E-state index is 0.0671. The van der Waals surface area contributed by atoms with E-state index in [9.17, 15) is 0 Å². The number of nitrogens with zero attached hydrogens (tertiary/aromatic N) is 1. The van der Waals surface area contributed by atoms with Crippen LogP contribution in [0, 0.1) is 5.41 Å². The van der Waals surface area contributed by atoms with Gasteiger partial charge in [-0.05, 0) is 82.3 Å². The van der Waals surface area contributed by atoms with E-state index >= 15 is 0 Å². The fourth-order valence-corrected chi connectivity index (χ4v) is 6.11. The van der Waals surface area contributed by atoms with Gasteiger partial charge in [-0.25, -0.2) is 0 Å². The molecule has 1 nitrogen and oxygen atoms in total. The Bertz CT molecular complexity index is 1270. The average Bonchev–Trinajstić information content (AvgIpc) is 3.79. The second-order valence-corrected chi connectivity index (χ2v) is 10.8. The molecule has 162 valence electrons. The predicted octanol–water partition coefficient (Wildman–Crippen LogP) is 8.35. The molecule has 1 atom stereocenters. The summed E-state index contributed by atoms with van der Waals surface area (Å²) >= 11 is 0. The zero-order valence-corrected chi connectivity index (χ0v) is 19.4. The SMILES string of the molecule is CC1(C)c2cc(-c3ccccc3)ccc2N(C2CC23CC3)c2ccc(-c3ccccc3)cc21. The fraction of sp³-hybridized carbons (Fsp3) is 0.250. The van der Waals surface area contributed by atoms with Crippen LogP contribution in [0.25, 0.3) is 22.3 Å². The molecule has 1 unspecified atom stereocenters. The van der Waals surface area contributed by atoms with E-state index in [2.05, 4.69) is 116 Å². The third-order valence-electron chi connectivity index (χ3n) is 8.42. The van der Waals surface area contributed by atoms with Crippen molar-refractivity contribution >= 4 is 11.4 Å². The summed E-state index contributed by atoms with van der Waals surface area (Å²) in [6.45, 7) is 4.82. The van der Waals surface area contributed by atoms with Gasteiger partial charge in [-0.3, -0.25) is 0 Å². The van der Waals surface area contributed by atoms with Gasteiger partial charge in [0.05, 0.1) is 0 Å².